The summed E-state index contributed by atoms with van der Waals surface area (Å²) in [6, 6.07) is -0.225. The van der Waals surface area contributed by atoms with Gasteiger partial charge in [0.1, 0.15) is 6.29 Å². The van der Waals surface area contributed by atoms with Gasteiger partial charge in [0.15, 0.2) is 0 Å². The van der Waals surface area contributed by atoms with Crippen LogP contribution in [0.5, 0.6) is 0 Å². The molecule has 0 amide bonds. The maximum atomic E-state index is 10.6. The normalized spacial score (nSPS) is 20.4. The SMILES string of the molecule is CC(N)c1nnc(CN2CCC(C=O)CC2)o1. The van der Waals surface area contributed by atoms with Crippen molar-refractivity contribution in [1.82, 2.24) is 15.1 Å². The summed E-state index contributed by atoms with van der Waals surface area (Å²) in [7, 11) is 0. The standard InChI is InChI=1S/C11H18N4O2/c1-8(12)11-14-13-10(17-11)6-15-4-2-9(7-16)3-5-15/h7-9H,2-6,12H2,1H3. The number of likely N-dealkylation sites (tertiary alicyclic amines) is 1. The second-order valence-electron chi connectivity index (χ2n) is 4.57. The summed E-state index contributed by atoms with van der Waals surface area (Å²) in [6.07, 6.45) is 2.88. The average Bonchev–Trinajstić information content (AvgIpc) is 2.79. The predicted molar refractivity (Wildman–Crippen MR) is 61.0 cm³/mol. The number of nitrogens with zero attached hydrogens (tertiary/aromatic N) is 3. The Kier molecular flexibility index (Phi) is 3.86. The molecule has 1 fully saturated rings. The number of piperidine rings is 1. The molecule has 0 radical (unpaired) electrons. The highest BCUT2D eigenvalue weighted by atomic mass is 16.4. The fourth-order valence-electron chi connectivity index (χ4n) is 1.95. The maximum absolute atomic E-state index is 10.6. The van der Waals surface area contributed by atoms with Crippen molar-refractivity contribution in [2.75, 3.05) is 13.1 Å². The monoisotopic (exact) mass is 238 g/mol. The van der Waals surface area contributed by atoms with Crippen molar-refractivity contribution < 1.29 is 9.21 Å². The number of carbonyl (C=O) groups is 1. The predicted octanol–water partition coefficient (Wildman–Crippen LogP) is 0.500. The molecule has 0 aliphatic carbocycles. The molecule has 2 N–H and O–H groups in total. The molecule has 0 saturated carbocycles. The molecule has 2 heterocycles. The third-order valence-corrected chi connectivity index (χ3v) is 3.06. The van der Waals surface area contributed by atoms with Gasteiger partial charge in [-0.25, -0.2) is 0 Å². The second-order valence-corrected chi connectivity index (χ2v) is 4.57. The molecule has 1 unspecified atom stereocenters. The number of aromatic nitrogens is 2. The molecule has 1 aromatic rings. The van der Waals surface area contributed by atoms with Crippen molar-refractivity contribution in [2.24, 2.45) is 11.7 Å². The lowest BCUT2D eigenvalue weighted by Crippen LogP contribution is -2.33. The summed E-state index contributed by atoms with van der Waals surface area (Å²) >= 11 is 0. The number of carbonyl (C=O) groups excluding carboxylic acids is 1. The highest BCUT2D eigenvalue weighted by Gasteiger charge is 2.20. The van der Waals surface area contributed by atoms with E-state index in [0.717, 1.165) is 32.2 Å². The van der Waals surface area contributed by atoms with E-state index < -0.39 is 0 Å². The Balaban J connectivity index is 1.86. The van der Waals surface area contributed by atoms with Gasteiger partial charge in [-0.2, -0.15) is 0 Å². The minimum atomic E-state index is -0.225. The number of hydrogen-bond donors (Lipinski definition) is 1. The molecule has 0 aromatic carbocycles. The van der Waals surface area contributed by atoms with Gasteiger partial charge in [0, 0.05) is 5.92 Å². The maximum Gasteiger partial charge on any atom is 0.232 e. The Morgan fingerprint density at radius 3 is 2.76 bits per heavy atom. The minimum Gasteiger partial charge on any atom is -0.422 e. The molecule has 1 aliphatic heterocycles. The van der Waals surface area contributed by atoms with Gasteiger partial charge in [-0.3, -0.25) is 4.90 Å². The summed E-state index contributed by atoms with van der Waals surface area (Å²) in [5, 5.41) is 7.85. The van der Waals surface area contributed by atoms with Gasteiger partial charge in [0.2, 0.25) is 11.8 Å². The number of hydrogen-bond acceptors (Lipinski definition) is 6. The molecule has 94 valence electrons. The highest BCUT2D eigenvalue weighted by Crippen LogP contribution is 2.17. The molecule has 2 rings (SSSR count). The first kappa shape index (κ1) is 12.2. The molecule has 0 bridgehead atoms. The largest absolute Gasteiger partial charge is 0.422 e. The number of nitrogens with two attached hydrogens (primary N) is 1. The zero-order valence-electron chi connectivity index (χ0n) is 10.0. The molecular formula is C11H18N4O2. The van der Waals surface area contributed by atoms with Crippen molar-refractivity contribution in [3.05, 3.63) is 11.8 Å². The third-order valence-electron chi connectivity index (χ3n) is 3.06. The quantitative estimate of drug-likeness (QED) is 0.769. The third kappa shape index (κ3) is 3.10. The zero-order valence-corrected chi connectivity index (χ0v) is 10.0. The van der Waals surface area contributed by atoms with Crippen molar-refractivity contribution >= 4 is 6.29 Å². The Morgan fingerprint density at radius 1 is 1.53 bits per heavy atom. The van der Waals surface area contributed by atoms with E-state index in [1.54, 1.807) is 0 Å². The Bertz CT molecular complexity index is 369. The smallest absolute Gasteiger partial charge is 0.232 e. The topological polar surface area (TPSA) is 85.2 Å². The lowest BCUT2D eigenvalue weighted by atomic mass is 9.99. The highest BCUT2D eigenvalue weighted by molar-refractivity contribution is 5.53. The molecule has 1 aromatic heterocycles. The second kappa shape index (κ2) is 5.37. The molecule has 6 nitrogen and oxygen atoms in total. The van der Waals surface area contributed by atoms with Crippen molar-refractivity contribution in [3.63, 3.8) is 0 Å². The van der Waals surface area contributed by atoms with Gasteiger partial charge in [-0.05, 0) is 32.9 Å². The van der Waals surface area contributed by atoms with E-state index in [1.165, 1.54) is 0 Å². The minimum absolute atomic E-state index is 0.216. The van der Waals surface area contributed by atoms with Crippen LogP contribution in [0, 0.1) is 5.92 Å². The summed E-state index contributed by atoms with van der Waals surface area (Å²) in [6.45, 7) is 4.26. The van der Waals surface area contributed by atoms with Crippen LogP contribution in [0.1, 0.15) is 37.6 Å². The van der Waals surface area contributed by atoms with E-state index in [1.807, 2.05) is 6.92 Å². The zero-order chi connectivity index (χ0) is 12.3. The van der Waals surface area contributed by atoms with Gasteiger partial charge in [0.05, 0.1) is 12.6 Å². The fraction of sp³-hybridized carbons (Fsp3) is 0.727. The van der Waals surface area contributed by atoms with E-state index >= 15 is 0 Å². The van der Waals surface area contributed by atoms with Crippen LogP contribution in [0.2, 0.25) is 0 Å². The first-order valence-electron chi connectivity index (χ1n) is 5.94. The van der Waals surface area contributed by atoms with E-state index in [9.17, 15) is 4.79 Å². The summed E-state index contributed by atoms with van der Waals surface area (Å²) in [5.41, 5.74) is 5.65. The first-order valence-corrected chi connectivity index (χ1v) is 5.94. The van der Waals surface area contributed by atoms with Crippen LogP contribution in [0.25, 0.3) is 0 Å². The molecular weight excluding hydrogens is 220 g/mol. The van der Waals surface area contributed by atoms with Gasteiger partial charge in [-0.15, -0.1) is 10.2 Å². The summed E-state index contributed by atoms with van der Waals surface area (Å²) < 4.78 is 5.44. The molecule has 17 heavy (non-hydrogen) atoms. The van der Waals surface area contributed by atoms with Crippen LogP contribution in [0.3, 0.4) is 0 Å². The molecule has 1 aliphatic rings. The van der Waals surface area contributed by atoms with Gasteiger partial charge < -0.3 is 14.9 Å². The van der Waals surface area contributed by atoms with E-state index in [4.69, 9.17) is 10.2 Å². The van der Waals surface area contributed by atoms with Crippen LogP contribution in [-0.4, -0.2) is 34.5 Å². The Hall–Kier alpha value is -1.27. The number of rotatable bonds is 4. The van der Waals surface area contributed by atoms with Crippen molar-refractivity contribution in [1.29, 1.82) is 0 Å². The Labute approximate surface area is 100 Å². The van der Waals surface area contributed by atoms with Crippen molar-refractivity contribution in [3.8, 4) is 0 Å². The molecule has 0 spiro atoms. The summed E-state index contributed by atoms with van der Waals surface area (Å²) in [5.74, 6) is 1.29. The lowest BCUT2D eigenvalue weighted by Gasteiger charge is -2.28. The van der Waals surface area contributed by atoms with Crippen LogP contribution >= 0.6 is 0 Å². The van der Waals surface area contributed by atoms with E-state index in [0.29, 0.717) is 18.3 Å². The van der Waals surface area contributed by atoms with Crippen molar-refractivity contribution in [2.45, 2.75) is 32.4 Å². The van der Waals surface area contributed by atoms with Crippen LogP contribution in [0.15, 0.2) is 4.42 Å². The van der Waals surface area contributed by atoms with Crippen LogP contribution in [0.4, 0.5) is 0 Å². The molecule has 1 saturated heterocycles. The first-order chi connectivity index (χ1) is 8.19. The van der Waals surface area contributed by atoms with Gasteiger partial charge in [-0.1, -0.05) is 0 Å². The van der Waals surface area contributed by atoms with Gasteiger partial charge in [0.25, 0.3) is 0 Å². The molecule has 1 atom stereocenters. The summed E-state index contributed by atoms with van der Waals surface area (Å²) in [4.78, 5) is 12.9. The fourth-order valence-corrected chi connectivity index (χ4v) is 1.95. The molecule has 6 heteroatoms. The van der Waals surface area contributed by atoms with E-state index in [-0.39, 0.29) is 12.0 Å². The van der Waals surface area contributed by atoms with E-state index in [2.05, 4.69) is 15.1 Å². The van der Waals surface area contributed by atoms with Crippen LogP contribution < -0.4 is 5.73 Å². The average molecular weight is 238 g/mol. The van der Waals surface area contributed by atoms with Crippen LogP contribution in [-0.2, 0) is 11.3 Å². The van der Waals surface area contributed by atoms with Gasteiger partial charge >= 0.3 is 0 Å². The number of aldehydes is 1. The lowest BCUT2D eigenvalue weighted by molar-refractivity contribution is -0.112. The Morgan fingerprint density at radius 2 is 2.24 bits per heavy atom.